The van der Waals surface area contributed by atoms with Gasteiger partial charge in [-0.25, -0.2) is 4.98 Å². The zero-order valence-electron chi connectivity index (χ0n) is 16.7. The predicted octanol–water partition coefficient (Wildman–Crippen LogP) is 7.77. The smallest absolute Gasteiger partial charge is 0.234 e. The molecular weight excluding hydrogens is 611 g/mol. The Morgan fingerprint density at radius 2 is 1.45 bits per heavy atom. The Morgan fingerprint density at radius 1 is 0.848 bits per heavy atom. The topological polar surface area (TPSA) is 67.8 Å². The van der Waals surface area contributed by atoms with Crippen molar-refractivity contribution in [2.24, 2.45) is 0 Å². The number of nitrogens with one attached hydrogen (secondary N) is 1. The molecule has 166 valence electrons. The monoisotopic (exact) mass is 622 g/mol. The minimum atomic E-state index is -0.241. The SMILES string of the molecule is O=C(CSc1nnc(-c2ccc(Br)cc2)c(-c2ccc(Br)cc2)n1)Nc1ccc(Cl)cc1Cl. The highest BCUT2D eigenvalue weighted by Gasteiger charge is 2.15. The molecule has 0 saturated carbocycles. The van der Waals surface area contributed by atoms with Crippen LogP contribution in [0.3, 0.4) is 0 Å². The van der Waals surface area contributed by atoms with Crippen molar-refractivity contribution in [2.75, 3.05) is 11.1 Å². The summed E-state index contributed by atoms with van der Waals surface area (Å²) in [6.07, 6.45) is 0. The number of carbonyl (C=O) groups is 1. The number of hydrogen-bond donors (Lipinski definition) is 1. The first-order valence-electron chi connectivity index (χ1n) is 9.53. The van der Waals surface area contributed by atoms with E-state index >= 15 is 0 Å². The molecule has 0 aliphatic rings. The van der Waals surface area contributed by atoms with E-state index in [1.807, 2.05) is 48.5 Å². The summed E-state index contributed by atoms with van der Waals surface area (Å²) in [5.74, 6) is -0.145. The third kappa shape index (κ3) is 6.33. The van der Waals surface area contributed by atoms with Gasteiger partial charge >= 0.3 is 0 Å². The summed E-state index contributed by atoms with van der Waals surface area (Å²) in [5.41, 5.74) is 3.62. The van der Waals surface area contributed by atoms with Gasteiger partial charge in [-0.2, -0.15) is 0 Å². The maximum atomic E-state index is 12.4. The van der Waals surface area contributed by atoms with E-state index in [9.17, 15) is 4.79 Å². The lowest BCUT2D eigenvalue weighted by molar-refractivity contribution is -0.113. The van der Waals surface area contributed by atoms with Crippen LogP contribution in [-0.2, 0) is 4.79 Å². The number of aromatic nitrogens is 3. The summed E-state index contributed by atoms with van der Waals surface area (Å²) in [6.45, 7) is 0. The summed E-state index contributed by atoms with van der Waals surface area (Å²) in [6, 6.07) is 20.5. The van der Waals surface area contributed by atoms with Crippen molar-refractivity contribution in [2.45, 2.75) is 5.16 Å². The molecule has 1 heterocycles. The molecule has 33 heavy (non-hydrogen) atoms. The highest BCUT2D eigenvalue weighted by molar-refractivity contribution is 9.10. The fraction of sp³-hybridized carbons (Fsp3) is 0.0435. The van der Waals surface area contributed by atoms with E-state index < -0.39 is 0 Å². The number of anilines is 1. The molecule has 0 saturated heterocycles. The van der Waals surface area contributed by atoms with Crippen molar-refractivity contribution in [1.82, 2.24) is 15.2 Å². The number of carbonyl (C=O) groups excluding carboxylic acids is 1. The molecule has 1 N–H and O–H groups in total. The van der Waals surface area contributed by atoms with Crippen molar-refractivity contribution in [1.29, 1.82) is 0 Å². The number of benzene rings is 3. The largest absolute Gasteiger partial charge is 0.324 e. The van der Waals surface area contributed by atoms with E-state index in [2.05, 4.69) is 47.4 Å². The van der Waals surface area contributed by atoms with Gasteiger partial charge in [0.05, 0.1) is 16.5 Å². The van der Waals surface area contributed by atoms with Gasteiger partial charge in [0.15, 0.2) is 0 Å². The standard InChI is InChI=1S/C23H14Br2Cl2N4OS/c24-15-5-1-13(2-6-15)21-22(14-3-7-16(25)8-4-14)30-31-23(29-21)33-12-20(32)28-19-10-9-17(26)11-18(19)27/h1-11H,12H2,(H,28,32). The number of nitrogens with zero attached hydrogens (tertiary/aromatic N) is 3. The number of thioether (sulfide) groups is 1. The molecule has 10 heteroatoms. The molecule has 0 aliphatic carbocycles. The van der Waals surface area contributed by atoms with Gasteiger partial charge in [-0.05, 0) is 42.5 Å². The van der Waals surface area contributed by atoms with Gasteiger partial charge < -0.3 is 5.32 Å². The van der Waals surface area contributed by atoms with Gasteiger partial charge in [-0.15, -0.1) is 10.2 Å². The fourth-order valence-electron chi connectivity index (χ4n) is 2.89. The Balaban J connectivity index is 1.57. The highest BCUT2D eigenvalue weighted by Crippen LogP contribution is 2.31. The van der Waals surface area contributed by atoms with Gasteiger partial charge in [-0.3, -0.25) is 4.79 Å². The average Bonchev–Trinajstić information content (AvgIpc) is 2.80. The van der Waals surface area contributed by atoms with Gasteiger partial charge in [0.25, 0.3) is 0 Å². The third-order valence-electron chi connectivity index (χ3n) is 4.44. The Labute approximate surface area is 221 Å². The van der Waals surface area contributed by atoms with Crippen LogP contribution in [0.4, 0.5) is 5.69 Å². The normalized spacial score (nSPS) is 10.8. The van der Waals surface area contributed by atoms with Crippen LogP contribution in [0, 0.1) is 0 Å². The maximum absolute atomic E-state index is 12.4. The maximum Gasteiger partial charge on any atom is 0.234 e. The molecule has 1 amide bonds. The molecule has 0 unspecified atom stereocenters. The van der Waals surface area contributed by atoms with Gasteiger partial charge in [0.1, 0.15) is 11.4 Å². The van der Waals surface area contributed by atoms with Crippen LogP contribution in [0.1, 0.15) is 0 Å². The van der Waals surface area contributed by atoms with Crippen LogP contribution in [-0.4, -0.2) is 26.8 Å². The summed E-state index contributed by atoms with van der Waals surface area (Å²) in [7, 11) is 0. The molecule has 0 bridgehead atoms. The summed E-state index contributed by atoms with van der Waals surface area (Å²) < 4.78 is 1.93. The average molecular weight is 625 g/mol. The third-order valence-corrected chi connectivity index (χ3v) is 6.88. The minimum Gasteiger partial charge on any atom is -0.324 e. The second-order valence-corrected chi connectivity index (χ2v) is 10.4. The van der Waals surface area contributed by atoms with Crippen LogP contribution in [0.25, 0.3) is 22.5 Å². The molecule has 0 fully saturated rings. The lowest BCUT2D eigenvalue weighted by Gasteiger charge is -2.10. The molecule has 0 atom stereocenters. The van der Waals surface area contributed by atoms with Crippen LogP contribution in [0.5, 0.6) is 0 Å². The van der Waals surface area contributed by atoms with E-state index in [0.29, 0.717) is 32.3 Å². The van der Waals surface area contributed by atoms with Crippen LogP contribution >= 0.6 is 66.8 Å². The predicted molar refractivity (Wildman–Crippen MR) is 142 cm³/mol. The van der Waals surface area contributed by atoms with E-state index in [1.54, 1.807) is 18.2 Å². The second kappa shape index (κ2) is 11.0. The van der Waals surface area contributed by atoms with E-state index in [0.717, 1.165) is 20.1 Å². The Hall–Kier alpha value is -1.97. The molecule has 4 rings (SSSR count). The van der Waals surface area contributed by atoms with E-state index in [1.165, 1.54) is 11.8 Å². The van der Waals surface area contributed by atoms with Crippen molar-refractivity contribution < 1.29 is 4.79 Å². The molecule has 5 nitrogen and oxygen atoms in total. The minimum absolute atomic E-state index is 0.0953. The van der Waals surface area contributed by atoms with E-state index in [4.69, 9.17) is 28.2 Å². The molecule has 4 aromatic rings. The van der Waals surface area contributed by atoms with Gasteiger partial charge in [0.2, 0.25) is 11.1 Å². The molecular formula is C23H14Br2Cl2N4OS. The first kappa shape index (κ1) is 24.2. The van der Waals surface area contributed by atoms with Crippen molar-refractivity contribution >= 4 is 78.4 Å². The second-order valence-electron chi connectivity index (χ2n) is 6.77. The molecule has 0 spiro atoms. The lowest BCUT2D eigenvalue weighted by Crippen LogP contribution is -2.14. The van der Waals surface area contributed by atoms with Crippen LogP contribution in [0.15, 0.2) is 80.8 Å². The first-order chi connectivity index (χ1) is 15.9. The first-order valence-corrected chi connectivity index (χ1v) is 12.9. The Morgan fingerprint density at radius 3 is 2.06 bits per heavy atom. The van der Waals surface area contributed by atoms with Crippen LogP contribution < -0.4 is 5.32 Å². The number of rotatable bonds is 6. The van der Waals surface area contributed by atoms with Gasteiger partial charge in [-0.1, -0.05) is 91.1 Å². The van der Waals surface area contributed by atoms with Gasteiger partial charge in [0, 0.05) is 25.1 Å². The summed E-state index contributed by atoms with van der Waals surface area (Å²) in [4.78, 5) is 17.1. The summed E-state index contributed by atoms with van der Waals surface area (Å²) in [5, 5.41) is 12.7. The van der Waals surface area contributed by atoms with Crippen molar-refractivity contribution in [3.8, 4) is 22.5 Å². The fourth-order valence-corrected chi connectivity index (χ4v) is 4.46. The number of halogens is 4. The number of amides is 1. The quantitative estimate of drug-likeness (QED) is 0.222. The lowest BCUT2D eigenvalue weighted by atomic mass is 10.0. The number of hydrogen-bond acceptors (Lipinski definition) is 5. The summed E-state index contributed by atoms with van der Waals surface area (Å²) >= 11 is 20.1. The zero-order chi connectivity index (χ0) is 23.4. The van der Waals surface area contributed by atoms with Crippen LogP contribution in [0.2, 0.25) is 10.0 Å². The highest BCUT2D eigenvalue weighted by atomic mass is 79.9. The molecule has 0 radical (unpaired) electrons. The zero-order valence-corrected chi connectivity index (χ0v) is 22.2. The molecule has 3 aromatic carbocycles. The van der Waals surface area contributed by atoms with E-state index in [-0.39, 0.29) is 11.7 Å². The molecule has 0 aliphatic heterocycles. The van der Waals surface area contributed by atoms with Crippen molar-refractivity contribution in [3.63, 3.8) is 0 Å². The molecule has 1 aromatic heterocycles. The van der Waals surface area contributed by atoms with Crippen molar-refractivity contribution in [3.05, 3.63) is 85.7 Å². The Kier molecular flexibility index (Phi) is 8.03. The Bertz CT molecular complexity index is 1310.